The van der Waals surface area contributed by atoms with Crippen molar-refractivity contribution in [2.45, 2.75) is 19.3 Å². The molecule has 3 N–H and O–H groups in total. The molecule has 3 aromatic heterocycles. The van der Waals surface area contributed by atoms with Crippen LogP contribution in [0.15, 0.2) is 41.1 Å². The fraction of sp³-hybridized carbons (Fsp3) is 0.263. The van der Waals surface area contributed by atoms with E-state index in [1.807, 2.05) is 36.7 Å². The molecule has 5 rings (SSSR count). The van der Waals surface area contributed by atoms with Crippen molar-refractivity contribution in [3.63, 3.8) is 0 Å². The van der Waals surface area contributed by atoms with Crippen molar-refractivity contribution in [3.05, 3.63) is 36.7 Å². The van der Waals surface area contributed by atoms with E-state index in [0.717, 1.165) is 40.9 Å². The largest absolute Gasteiger partial charge is 0.404 e. The van der Waals surface area contributed by atoms with Gasteiger partial charge < -0.3 is 20.0 Å². The molecule has 0 amide bonds. The Kier molecular flexibility index (Phi) is 3.74. The molecule has 1 aliphatic heterocycles. The highest BCUT2D eigenvalue weighted by Gasteiger charge is 2.16. The molecular weight excluding hydrogens is 342 g/mol. The van der Waals surface area contributed by atoms with Crippen molar-refractivity contribution in [2.75, 3.05) is 23.7 Å². The average Bonchev–Trinajstić information content (AvgIpc) is 3.34. The number of aromatic nitrogens is 5. The molecular formula is C19H19N7O. The summed E-state index contributed by atoms with van der Waals surface area (Å²) in [6, 6.07) is 7.92. The molecule has 0 radical (unpaired) electrons. The first-order chi connectivity index (χ1) is 13.3. The Bertz CT molecular complexity index is 1090. The first-order valence-corrected chi connectivity index (χ1v) is 9.07. The lowest BCUT2D eigenvalue weighted by Gasteiger charge is -2.27. The molecule has 1 aliphatic rings. The van der Waals surface area contributed by atoms with Gasteiger partial charge in [0, 0.05) is 47.5 Å². The molecule has 4 aromatic rings. The van der Waals surface area contributed by atoms with Gasteiger partial charge in [-0.1, -0.05) is 5.10 Å². The number of nitrogens with zero attached hydrogens (tertiary/aromatic N) is 5. The zero-order valence-corrected chi connectivity index (χ0v) is 14.7. The average molecular weight is 361 g/mol. The van der Waals surface area contributed by atoms with E-state index < -0.39 is 0 Å². The number of anilines is 2. The predicted octanol–water partition coefficient (Wildman–Crippen LogP) is 3.25. The number of aromatic amines is 1. The molecule has 4 heterocycles. The maximum absolute atomic E-state index is 5.55. The standard InChI is InChI=1S/C19H19N7O/c20-19-25-24-18(27-19)12-4-5-15-13(10-12)14(11-22-15)17-21-7-6-16(23-17)26-8-2-1-3-9-26/h4-7,10-11,22H,1-3,8-9H2,(H2,20,25). The molecule has 1 saturated heterocycles. The molecule has 0 saturated carbocycles. The number of nitrogen functional groups attached to an aromatic ring is 1. The van der Waals surface area contributed by atoms with Crippen molar-refractivity contribution >= 4 is 22.7 Å². The van der Waals surface area contributed by atoms with Crippen LogP contribution in [0.25, 0.3) is 33.7 Å². The summed E-state index contributed by atoms with van der Waals surface area (Å²) >= 11 is 0. The van der Waals surface area contributed by atoms with E-state index in [0.29, 0.717) is 11.7 Å². The van der Waals surface area contributed by atoms with Crippen molar-refractivity contribution in [1.82, 2.24) is 25.1 Å². The highest BCUT2D eigenvalue weighted by atomic mass is 16.4. The Labute approximate surface area is 155 Å². The Morgan fingerprint density at radius 1 is 1.07 bits per heavy atom. The van der Waals surface area contributed by atoms with E-state index in [-0.39, 0.29) is 6.01 Å². The van der Waals surface area contributed by atoms with Crippen LogP contribution in [0.2, 0.25) is 0 Å². The van der Waals surface area contributed by atoms with Crippen molar-refractivity contribution in [2.24, 2.45) is 0 Å². The minimum atomic E-state index is 0.0527. The number of hydrogen-bond acceptors (Lipinski definition) is 7. The summed E-state index contributed by atoms with van der Waals surface area (Å²) < 4.78 is 5.35. The molecule has 0 unspecified atom stereocenters. The monoisotopic (exact) mass is 361 g/mol. The van der Waals surface area contributed by atoms with Crippen LogP contribution in [0.3, 0.4) is 0 Å². The van der Waals surface area contributed by atoms with Gasteiger partial charge in [0.05, 0.1) is 0 Å². The number of benzene rings is 1. The second kappa shape index (κ2) is 6.39. The number of piperidine rings is 1. The van der Waals surface area contributed by atoms with Gasteiger partial charge >= 0.3 is 6.01 Å². The quantitative estimate of drug-likeness (QED) is 0.576. The van der Waals surface area contributed by atoms with E-state index >= 15 is 0 Å². The molecule has 1 fully saturated rings. The number of fused-ring (bicyclic) bond motifs is 1. The van der Waals surface area contributed by atoms with Crippen LogP contribution < -0.4 is 10.6 Å². The first kappa shape index (κ1) is 15.8. The first-order valence-electron chi connectivity index (χ1n) is 9.07. The second-order valence-electron chi connectivity index (χ2n) is 6.69. The fourth-order valence-electron chi connectivity index (χ4n) is 3.57. The van der Waals surface area contributed by atoms with Gasteiger partial charge in [0.25, 0.3) is 0 Å². The lowest BCUT2D eigenvalue weighted by Crippen LogP contribution is -2.30. The SMILES string of the molecule is Nc1nnc(-c2ccc3[nH]cc(-c4nccc(N5CCCCC5)n4)c3c2)o1. The van der Waals surface area contributed by atoms with Gasteiger partial charge in [-0.15, -0.1) is 5.10 Å². The summed E-state index contributed by atoms with van der Waals surface area (Å²) in [7, 11) is 0. The Morgan fingerprint density at radius 2 is 1.96 bits per heavy atom. The molecule has 0 atom stereocenters. The zero-order chi connectivity index (χ0) is 18.2. The van der Waals surface area contributed by atoms with Crippen LogP contribution in [0.4, 0.5) is 11.8 Å². The Hall–Kier alpha value is -3.42. The van der Waals surface area contributed by atoms with Gasteiger partial charge in [0.1, 0.15) is 5.82 Å². The van der Waals surface area contributed by atoms with Crippen LogP contribution in [0.5, 0.6) is 0 Å². The van der Waals surface area contributed by atoms with Gasteiger partial charge in [-0.2, -0.15) is 0 Å². The molecule has 0 bridgehead atoms. The van der Waals surface area contributed by atoms with Gasteiger partial charge in [-0.05, 0) is 43.5 Å². The number of hydrogen-bond donors (Lipinski definition) is 2. The van der Waals surface area contributed by atoms with Gasteiger partial charge in [-0.25, -0.2) is 9.97 Å². The summed E-state index contributed by atoms with van der Waals surface area (Å²) in [6.45, 7) is 2.10. The van der Waals surface area contributed by atoms with Gasteiger partial charge in [0.15, 0.2) is 5.82 Å². The smallest absolute Gasteiger partial charge is 0.313 e. The van der Waals surface area contributed by atoms with Crippen molar-refractivity contribution in [1.29, 1.82) is 0 Å². The van der Waals surface area contributed by atoms with Crippen molar-refractivity contribution < 1.29 is 4.42 Å². The minimum Gasteiger partial charge on any atom is -0.404 e. The minimum absolute atomic E-state index is 0.0527. The molecule has 0 spiro atoms. The van der Waals surface area contributed by atoms with E-state index in [1.54, 1.807) is 0 Å². The van der Waals surface area contributed by atoms with Crippen LogP contribution in [-0.4, -0.2) is 38.2 Å². The highest BCUT2D eigenvalue weighted by molar-refractivity contribution is 5.96. The molecule has 8 heteroatoms. The summed E-state index contributed by atoms with van der Waals surface area (Å²) in [6.07, 6.45) is 7.48. The molecule has 136 valence electrons. The third-order valence-corrected chi connectivity index (χ3v) is 4.93. The van der Waals surface area contributed by atoms with Crippen LogP contribution in [0, 0.1) is 0 Å². The second-order valence-corrected chi connectivity index (χ2v) is 6.69. The maximum atomic E-state index is 5.55. The number of nitrogens with two attached hydrogens (primary N) is 1. The lowest BCUT2D eigenvalue weighted by molar-refractivity contribution is 0.573. The third kappa shape index (κ3) is 2.88. The normalized spacial score (nSPS) is 14.7. The topological polar surface area (TPSA) is 110 Å². The third-order valence-electron chi connectivity index (χ3n) is 4.93. The van der Waals surface area contributed by atoms with Crippen LogP contribution >= 0.6 is 0 Å². The maximum Gasteiger partial charge on any atom is 0.313 e. The van der Waals surface area contributed by atoms with Gasteiger partial charge in [-0.3, -0.25) is 0 Å². The fourth-order valence-corrected chi connectivity index (χ4v) is 3.57. The molecule has 8 nitrogen and oxygen atoms in total. The molecule has 0 aliphatic carbocycles. The summed E-state index contributed by atoms with van der Waals surface area (Å²) in [5.74, 6) is 2.07. The Balaban J connectivity index is 1.56. The summed E-state index contributed by atoms with van der Waals surface area (Å²) in [5.41, 5.74) is 8.29. The number of H-pyrrole nitrogens is 1. The predicted molar refractivity (Wildman–Crippen MR) is 103 cm³/mol. The van der Waals surface area contributed by atoms with E-state index in [2.05, 4.69) is 25.1 Å². The highest BCUT2D eigenvalue weighted by Crippen LogP contribution is 2.31. The zero-order valence-electron chi connectivity index (χ0n) is 14.7. The lowest BCUT2D eigenvalue weighted by atomic mass is 10.1. The summed E-state index contributed by atoms with van der Waals surface area (Å²) in [4.78, 5) is 14.9. The number of nitrogens with one attached hydrogen (secondary N) is 1. The summed E-state index contributed by atoms with van der Waals surface area (Å²) in [5, 5.41) is 8.69. The van der Waals surface area contributed by atoms with Gasteiger partial charge in [0.2, 0.25) is 5.89 Å². The molecule has 1 aromatic carbocycles. The van der Waals surface area contributed by atoms with E-state index in [9.17, 15) is 0 Å². The number of rotatable bonds is 3. The van der Waals surface area contributed by atoms with Crippen LogP contribution in [0.1, 0.15) is 19.3 Å². The Morgan fingerprint density at radius 3 is 2.78 bits per heavy atom. The molecule has 27 heavy (non-hydrogen) atoms. The van der Waals surface area contributed by atoms with Crippen molar-refractivity contribution in [3.8, 4) is 22.8 Å². The van der Waals surface area contributed by atoms with E-state index in [1.165, 1.54) is 19.3 Å². The van der Waals surface area contributed by atoms with Crippen LogP contribution in [-0.2, 0) is 0 Å². The van der Waals surface area contributed by atoms with E-state index in [4.69, 9.17) is 15.1 Å².